The first kappa shape index (κ1) is 12.7. The quantitative estimate of drug-likeness (QED) is 0.413. The molecule has 2 aromatic carbocycles. The molecule has 3 heteroatoms. The van der Waals surface area contributed by atoms with Crippen molar-refractivity contribution in [1.29, 1.82) is 0 Å². The van der Waals surface area contributed by atoms with E-state index in [0.29, 0.717) is 8.83 Å². The molecule has 0 atom stereocenters. The second kappa shape index (κ2) is 8.33. The predicted molar refractivity (Wildman–Crippen MR) is 55.3 cm³/mol. The molecule has 68 valence electrons. The van der Waals surface area contributed by atoms with E-state index in [9.17, 15) is 0 Å². The van der Waals surface area contributed by atoms with Crippen LogP contribution in [-0.4, -0.2) is 8.83 Å². The molecule has 0 fully saturated rings. The summed E-state index contributed by atoms with van der Waals surface area (Å²) in [6.45, 7) is 0. The molecule has 0 bridgehead atoms. The van der Waals surface area contributed by atoms with Crippen LogP contribution in [0.1, 0.15) is 0 Å². The summed E-state index contributed by atoms with van der Waals surface area (Å²) in [5.74, 6) is 0. The van der Waals surface area contributed by atoms with Gasteiger partial charge in [0.2, 0.25) is 0 Å². The summed E-state index contributed by atoms with van der Waals surface area (Å²) in [5.41, 5.74) is 0. The van der Waals surface area contributed by atoms with Crippen molar-refractivity contribution in [1.82, 2.24) is 0 Å². The molecule has 2 radical (unpaired) electrons. The second-order valence-electron chi connectivity index (χ2n) is 2.23. The maximum absolute atomic E-state index is 5.50. The molecule has 0 heterocycles. The Labute approximate surface area is 96.7 Å². The summed E-state index contributed by atoms with van der Waals surface area (Å²) in [5, 5.41) is 1.22. The fourth-order valence-corrected chi connectivity index (χ4v) is 1.45. The van der Waals surface area contributed by atoms with E-state index in [0.717, 1.165) is 0 Å². The van der Waals surface area contributed by atoms with Gasteiger partial charge in [0, 0.05) is 0 Å². The average Bonchev–Trinajstić information content (AvgIpc) is 2.81. The van der Waals surface area contributed by atoms with Crippen LogP contribution in [0.4, 0.5) is 0 Å². The fourth-order valence-electron chi connectivity index (χ4n) is 0.758. The zero-order chi connectivity index (χ0) is 8.65. The van der Waals surface area contributed by atoms with Gasteiger partial charge in [-0.2, -0.15) is 41.4 Å². The van der Waals surface area contributed by atoms with E-state index < -0.39 is 0 Å². The Morgan fingerprint density at radius 2 is 1.54 bits per heavy atom. The van der Waals surface area contributed by atoms with Crippen molar-refractivity contribution in [3.8, 4) is 0 Å². The smallest absolute Gasteiger partial charge is 0.214 e. The first-order chi connectivity index (χ1) is 5.93. The molecule has 0 N–H and O–H groups in total. The van der Waals surface area contributed by atoms with Gasteiger partial charge in [-0.25, -0.2) is 24.3 Å². The van der Waals surface area contributed by atoms with Gasteiger partial charge in [-0.1, -0.05) is 0 Å². The summed E-state index contributed by atoms with van der Waals surface area (Å²) in [7, 11) is 0.427. The third kappa shape index (κ3) is 5.89. The molecule has 0 unspecified atom stereocenters. The molecule has 0 aliphatic carbocycles. The predicted octanol–water partition coefficient (Wildman–Crippen LogP) is 2.29. The molecule has 0 saturated heterocycles. The summed E-state index contributed by atoms with van der Waals surface area (Å²) >= 11 is 5.50. The summed E-state index contributed by atoms with van der Waals surface area (Å²) in [6.07, 6.45) is 0. The third-order valence-electron chi connectivity index (χ3n) is 1.33. The molecule has 0 spiro atoms. The molecule has 2 aromatic rings. The van der Waals surface area contributed by atoms with Crippen molar-refractivity contribution in [2.24, 2.45) is 0 Å². The Balaban J connectivity index is 0.000000215. The van der Waals surface area contributed by atoms with Crippen LogP contribution in [0.5, 0.6) is 0 Å². The Morgan fingerprint density at radius 1 is 1.00 bits per heavy atom. The van der Waals surface area contributed by atoms with Gasteiger partial charge in [0.1, 0.15) is 8.83 Å². The molecule has 0 saturated carbocycles. The molecule has 2 rings (SSSR count). The van der Waals surface area contributed by atoms with E-state index in [1.165, 1.54) is 5.19 Å². The van der Waals surface area contributed by atoms with Crippen molar-refractivity contribution < 1.29 is 17.1 Å². The van der Waals surface area contributed by atoms with Gasteiger partial charge in [0.15, 0.2) is 0 Å². The van der Waals surface area contributed by atoms with E-state index in [1.807, 2.05) is 54.6 Å². The Hall–Kier alpha value is -0.274. The van der Waals surface area contributed by atoms with Crippen LogP contribution in [0.3, 0.4) is 0 Å². The van der Waals surface area contributed by atoms with Crippen LogP contribution in [-0.2, 0) is 17.1 Å². The molecule has 0 aliphatic rings. The molecular weight excluding hydrogens is 239 g/mol. The van der Waals surface area contributed by atoms with E-state index in [1.54, 1.807) is 0 Å². The van der Waals surface area contributed by atoms with Crippen LogP contribution in [0, 0.1) is 0 Å². The third-order valence-corrected chi connectivity index (χ3v) is 2.53. The van der Waals surface area contributed by atoms with Crippen LogP contribution in [0.25, 0.3) is 0 Å². The Kier molecular flexibility index (Phi) is 8.15. The number of rotatable bonds is 1. The van der Waals surface area contributed by atoms with E-state index >= 15 is 0 Å². The van der Waals surface area contributed by atoms with Gasteiger partial charge in [-0.3, -0.25) is 0 Å². The molecule has 0 amide bonds. The summed E-state index contributed by atoms with van der Waals surface area (Å²) in [6, 6.07) is 18.0. The maximum atomic E-state index is 5.50. The number of halogens is 1. The second-order valence-corrected chi connectivity index (χ2v) is 3.56. The van der Waals surface area contributed by atoms with Gasteiger partial charge < -0.3 is 0 Å². The molecule has 13 heavy (non-hydrogen) atoms. The zero-order valence-electron chi connectivity index (χ0n) is 6.93. The molecular formula is C10H9ClFeSi. The molecule has 0 aliphatic heterocycles. The molecule has 0 nitrogen and oxygen atoms in total. The van der Waals surface area contributed by atoms with Crippen molar-refractivity contribution >= 4 is 25.1 Å². The topological polar surface area (TPSA) is 0 Å². The van der Waals surface area contributed by atoms with Gasteiger partial charge in [-0.15, -0.1) is 5.19 Å². The van der Waals surface area contributed by atoms with Crippen LogP contribution in [0.2, 0.25) is 0 Å². The SMILES string of the molecule is Cl[Si][c-]1cccc1.[Fe+2].c1cc[cH-]c1. The summed E-state index contributed by atoms with van der Waals surface area (Å²) in [4.78, 5) is 0. The largest absolute Gasteiger partial charge is 2.00 e. The minimum absolute atomic E-state index is 0. The maximum Gasteiger partial charge on any atom is 2.00 e. The van der Waals surface area contributed by atoms with Gasteiger partial charge >= 0.3 is 17.1 Å². The van der Waals surface area contributed by atoms with Crippen LogP contribution in [0.15, 0.2) is 54.6 Å². The van der Waals surface area contributed by atoms with E-state index in [2.05, 4.69) is 0 Å². The zero-order valence-corrected chi connectivity index (χ0v) is 9.79. The molecule has 0 aromatic heterocycles. The Bertz CT molecular complexity index is 246. The Morgan fingerprint density at radius 3 is 1.77 bits per heavy atom. The summed E-state index contributed by atoms with van der Waals surface area (Å²) < 4.78 is 0. The van der Waals surface area contributed by atoms with Crippen molar-refractivity contribution in [3.63, 3.8) is 0 Å². The normalized spacial score (nSPS) is 8.08. The van der Waals surface area contributed by atoms with Gasteiger partial charge in [0.05, 0.1) is 0 Å². The van der Waals surface area contributed by atoms with E-state index in [4.69, 9.17) is 11.1 Å². The minimum Gasteiger partial charge on any atom is -0.214 e. The first-order valence-electron chi connectivity index (χ1n) is 3.68. The van der Waals surface area contributed by atoms with Gasteiger partial charge in [-0.05, 0) is 0 Å². The first-order valence-corrected chi connectivity index (χ1v) is 5.69. The van der Waals surface area contributed by atoms with Crippen molar-refractivity contribution in [2.45, 2.75) is 0 Å². The fraction of sp³-hybridized carbons (Fsp3) is 0. The van der Waals surface area contributed by atoms with E-state index in [-0.39, 0.29) is 17.1 Å². The van der Waals surface area contributed by atoms with Crippen molar-refractivity contribution in [2.75, 3.05) is 0 Å². The minimum atomic E-state index is 0. The number of hydrogen-bond donors (Lipinski definition) is 0. The van der Waals surface area contributed by atoms with Crippen LogP contribution >= 0.6 is 11.1 Å². The standard InChI is InChI=1S/C5H4ClSi.C5H5.Fe/c6-7-5-3-1-2-4-5;1-2-4-5-3-1;/h1-4H;1-5H;/q2*-1;+2. The van der Waals surface area contributed by atoms with Crippen molar-refractivity contribution in [3.05, 3.63) is 54.6 Å². The van der Waals surface area contributed by atoms with Gasteiger partial charge in [0.25, 0.3) is 0 Å². The average molecular weight is 249 g/mol. The number of hydrogen-bond acceptors (Lipinski definition) is 0. The van der Waals surface area contributed by atoms with Crippen LogP contribution < -0.4 is 5.19 Å². The monoisotopic (exact) mass is 248 g/mol.